The van der Waals surface area contributed by atoms with Crippen LogP contribution in [0.4, 0.5) is 11.4 Å². The highest BCUT2D eigenvalue weighted by atomic mass is 127. The zero-order valence-electron chi connectivity index (χ0n) is 15.6. The van der Waals surface area contributed by atoms with Gasteiger partial charge in [0.1, 0.15) is 3.38 Å². The molecule has 1 atom stereocenters. The number of carbonyl (C=O) groups is 3. The number of nitrogens with zero attached hydrogens (tertiary/aromatic N) is 1. The Morgan fingerprint density at radius 3 is 2.41 bits per heavy atom. The second kappa shape index (κ2) is 8.35. The van der Waals surface area contributed by atoms with Crippen LogP contribution in [0.1, 0.15) is 44.7 Å². The Bertz CT molecular complexity index is 1000. The summed E-state index contributed by atoms with van der Waals surface area (Å²) in [6.07, 6.45) is 2.12. The molecular formula is C21H20IN3O3S. The summed E-state index contributed by atoms with van der Waals surface area (Å²) in [6, 6.07) is 10.1. The van der Waals surface area contributed by atoms with Crippen molar-refractivity contribution in [1.82, 2.24) is 4.90 Å². The predicted octanol–water partition coefficient (Wildman–Crippen LogP) is 3.53. The largest absolute Gasteiger partial charge is 0.397 e. The van der Waals surface area contributed by atoms with Gasteiger partial charge in [0.15, 0.2) is 11.6 Å². The quantitative estimate of drug-likeness (QED) is 0.176. The molecule has 1 unspecified atom stereocenters. The van der Waals surface area contributed by atoms with Gasteiger partial charge in [0.2, 0.25) is 5.91 Å². The van der Waals surface area contributed by atoms with Crippen LogP contribution in [0, 0.1) is 0 Å². The van der Waals surface area contributed by atoms with E-state index in [4.69, 9.17) is 5.73 Å². The molecule has 150 valence electrons. The Balaban J connectivity index is 1.56. The molecule has 2 aliphatic rings. The highest BCUT2D eigenvalue weighted by Gasteiger charge is 2.33. The summed E-state index contributed by atoms with van der Waals surface area (Å²) in [6.45, 7) is 1.65. The minimum atomic E-state index is -0.216. The number of ketones is 2. The van der Waals surface area contributed by atoms with Gasteiger partial charge in [-0.1, -0.05) is 24.3 Å². The van der Waals surface area contributed by atoms with Crippen LogP contribution < -0.4 is 11.1 Å². The lowest BCUT2D eigenvalue weighted by Crippen LogP contribution is -2.30. The number of amides is 1. The third kappa shape index (κ3) is 3.87. The molecule has 6 nitrogen and oxygen atoms in total. The van der Waals surface area contributed by atoms with E-state index >= 15 is 0 Å². The number of anilines is 2. The Kier molecular flexibility index (Phi) is 5.82. The van der Waals surface area contributed by atoms with E-state index in [0.717, 1.165) is 25.9 Å². The molecule has 1 heterocycles. The number of carbonyl (C=O) groups excluding carboxylic acids is 3. The van der Waals surface area contributed by atoms with E-state index in [1.807, 2.05) is 4.90 Å². The van der Waals surface area contributed by atoms with E-state index in [0.29, 0.717) is 39.4 Å². The summed E-state index contributed by atoms with van der Waals surface area (Å²) in [5.74, 6) is 0.0803. The lowest BCUT2D eigenvalue weighted by Gasteiger charge is -2.24. The fourth-order valence-electron chi connectivity index (χ4n) is 3.72. The summed E-state index contributed by atoms with van der Waals surface area (Å²) in [4.78, 5) is 40.2. The molecule has 0 aromatic heterocycles. The summed E-state index contributed by atoms with van der Waals surface area (Å²) >= 11 is 3.62. The molecule has 1 saturated heterocycles. The molecule has 0 radical (unpaired) electrons. The molecule has 3 N–H and O–H groups in total. The van der Waals surface area contributed by atoms with Crippen LogP contribution in [0.25, 0.3) is 0 Å². The van der Waals surface area contributed by atoms with Crippen molar-refractivity contribution in [3.63, 3.8) is 0 Å². The second-order valence-corrected chi connectivity index (χ2v) is 10.2. The molecule has 29 heavy (non-hydrogen) atoms. The maximum atomic E-state index is 13.1. The van der Waals surface area contributed by atoms with Crippen molar-refractivity contribution in [2.45, 2.75) is 16.2 Å². The molecule has 1 fully saturated rings. The zero-order chi connectivity index (χ0) is 20.5. The molecule has 0 saturated carbocycles. The van der Waals surface area contributed by atoms with Crippen LogP contribution in [-0.2, 0) is 4.79 Å². The van der Waals surface area contributed by atoms with Crippen molar-refractivity contribution >= 4 is 63.2 Å². The van der Waals surface area contributed by atoms with Gasteiger partial charge in [-0.25, -0.2) is 0 Å². The predicted molar refractivity (Wildman–Crippen MR) is 124 cm³/mol. The van der Waals surface area contributed by atoms with Gasteiger partial charge in [0.05, 0.1) is 22.7 Å². The summed E-state index contributed by atoms with van der Waals surface area (Å²) in [5, 5.41) is 3.25. The van der Waals surface area contributed by atoms with Gasteiger partial charge in [0.25, 0.3) is 0 Å². The van der Waals surface area contributed by atoms with Gasteiger partial charge in [-0.3, -0.25) is 14.4 Å². The van der Waals surface area contributed by atoms with Crippen LogP contribution in [0.5, 0.6) is 0 Å². The monoisotopic (exact) mass is 521 g/mol. The third-order valence-electron chi connectivity index (χ3n) is 5.20. The molecule has 0 bridgehead atoms. The topological polar surface area (TPSA) is 92.5 Å². The van der Waals surface area contributed by atoms with Gasteiger partial charge < -0.3 is 16.0 Å². The van der Waals surface area contributed by atoms with Crippen molar-refractivity contribution in [1.29, 1.82) is 0 Å². The van der Waals surface area contributed by atoms with E-state index < -0.39 is 0 Å². The first kappa shape index (κ1) is 20.2. The highest BCUT2D eigenvalue weighted by molar-refractivity contribution is 14.1. The van der Waals surface area contributed by atoms with Gasteiger partial charge >= 0.3 is 0 Å². The molecule has 8 heteroatoms. The van der Waals surface area contributed by atoms with E-state index in [1.54, 1.807) is 36.4 Å². The molecule has 1 amide bonds. The average Bonchev–Trinajstić information content (AvgIpc) is 3.27. The number of hydrogen-bond acceptors (Lipinski definition) is 6. The molecule has 1 aliphatic heterocycles. The number of rotatable bonds is 5. The van der Waals surface area contributed by atoms with Crippen molar-refractivity contribution in [3.05, 3.63) is 58.7 Å². The summed E-state index contributed by atoms with van der Waals surface area (Å²) in [7, 11) is 0. The first-order valence-electron chi connectivity index (χ1n) is 9.38. The lowest BCUT2D eigenvalue weighted by molar-refractivity contribution is -0.127. The maximum absolute atomic E-state index is 13.1. The SMILES string of the molecule is Nc1ccc2c(c1NC(I)SCC(=O)N1CCCC1)C(=O)c1ccccc1C2=O. The fourth-order valence-corrected chi connectivity index (χ4v) is 5.24. The number of nitrogen functional groups attached to an aromatic ring is 1. The summed E-state index contributed by atoms with van der Waals surface area (Å²) < 4.78 is -0.187. The maximum Gasteiger partial charge on any atom is 0.232 e. The van der Waals surface area contributed by atoms with E-state index in [9.17, 15) is 14.4 Å². The van der Waals surface area contributed by atoms with Gasteiger partial charge in [-0.15, -0.1) is 11.8 Å². The molecule has 0 spiro atoms. The number of nitrogens with two attached hydrogens (primary N) is 1. The molecular weight excluding hydrogens is 501 g/mol. The van der Waals surface area contributed by atoms with E-state index in [1.165, 1.54) is 11.8 Å². The fraction of sp³-hybridized carbons (Fsp3) is 0.286. The Labute approximate surface area is 186 Å². The number of nitrogens with one attached hydrogen (secondary N) is 1. The van der Waals surface area contributed by atoms with E-state index in [2.05, 4.69) is 27.9 Å². The number of likely N-dealkylation sites (tertiary alicyclic amines) is 1. The normalized spacial score (nSPS) is 16.4. The molecule has 2 aromatic rings. The summed E-state index contributed by atoms with van der Waals surface area (Å²) in [5.41, 5.74) is 8.48. The number of alkyl halides is 1. The first-order valence-corrected chi connectivity index (χ1v) is 11.7. The van der Waals surface area contributed by atoms with Crippen LogP contribution in [0.15, 0.2) is 36.4 Å². The standard InChI is InChI=1S/C21H20IN3O3S/c22-21(29-11-16(26)25-9-3-4-10-25)24-18-15(23)8-7-14-17(18)20(28)13-6-2-1-5-12(13)19(14)27/h1-2,5-8,21,24H,3-4,9-11,23H2. The van der Waals surface area contributed by atoms with Crippen molar-refractivity contribution < 1.29 is 14.4 Å². The van der Waals surface area contributed by atoms with Crippen LogP contribution in [0.2, 0.25) is 0 Å². The first-order chi connectivity index (χ1) is 14.0. The lowest BCUT2D eigenvalue weighted by atomic mass is 9.83. The Morgan fingerprint density at radius 1 is 1.07 bits per heavy atom. The van der Waals surface area contributed by atoms with Crippen LogP contribution in [-0.4, -0.2) is 44.6 Å². The molecule has 4 rings (SSSR count). The number of thioether (sulfide) groups is 1. The van der Waals surface area contributed by atoms with Crippen molar-refractivity contribution in [2.24, 2.45) is 0 Å². The third-order valence-corrected chi connectivity index (χ3v) is 7.41. The van der Waals surface area contributed by atoms with E-state index in [-0.39, 0.29) is 20.9 Å². The average molecular weight is 521 g/mol. The van der Waals surface area contributed by atoms with Gasteiger partial charge in [-0.2, -0.15) is 0 Å². The minimum Gasteiger partial charge on any atom is -0.397 e. The van der Waals surface area contributed by atoms with Crippen molar-refractivity contribution in [2.75, 3.05) is 29.9 Å². The number of benzene rings is 2. The van der Waals surface area contributed by atoms with Gasteiger partial charge in [-0.05, 0) is 47.6 Å². The van der Waals surface area contributed by atoms with Crippen LogP contribution in [0.3, 0.4) is 0 Å². The van der Waals surface area contributed by atoms with Crippen molar-refractivity contribution in [3.8, 4) is 0 Å². The smallest absolute Gasteiger partial charge is 0.232 e. The number of hydrogen-bond donors (Lipinski definition) is 2. The Morgan fingerprint density at radius 2 is 1.72 bits per heavy atom. The molecule has 2 aromatic carbocycles. The van der Waals surface area contributed by atoms with Gasteiger partial charge in [0, 0.05) is 29.8 Å². The number of halogens is 1. The molecule has 1 aliphatic carbocycles. The second-order valence-electron chi connectivity index (χ2n) is 7.02. The van der Waals surface area contributed by atoms with Crippen LogP contribution >= 0.6 is 34.4 Å². The Hall–Kier alpha value is -2.07. The number of fused-ring (bicyclic) bond motifs is 2. The highest BCUT2D eigenvalue weighted by Crippen LogP contribution is 2.37. The zero-order valence-corrected chi connectivity index (χ0v) is 18.6. The minimum absolute atomic E-state index is 0.124.